The molecule has 0 unspecified atom stereocenters. The first-order valence-corrected chi connectivity index (χ1v) is 7.42. The molecule has 1 radical (unpaired) electrons. The fraction of sp³-hybridized carbons (Fsp3) is 0.333. The van der Waals surface area contributed by atoms with Gasteiger partial charge in [0.15, 0.2) is 17.3 Å². The summed E-state index contributed by atoms with van der Waals surface area (Å²) in [5, 5.41) is 17.1. The number of ether oxygens (including phenoxy) is 1. The van der Waals surface area contributed by atoms with E-state index >= 15 is 0 Å². The van der Waals surface area contributed by atoms with Crippen molar-refractivity contribution in [3.63, 3.8) is 0 Å². The van der Waals surface area contributed by atoms with Crippen molar-refractivity contribution in [2.45, 2.75) is 6.61 Å². The Morgan fingerprint density at radius 1 is 1.17 bits per heavy atom. The molecule has 0 aliphatic carbocycles. The van der Waals surface area contributed by atoms with E-state index in [2.05, 4.69) is 30.6 Å². The number of hydrogen-bond acceptors (Lipinski definition) is 7. The molecule has 2 aliphatic rings. The first-order chi connectivity index (χ1) is 11.3. The van der Waals surface area contributed by atoms with Crippen LogP contribution in [0.1, 0.15) is 5.56 Å². The van der Waals surface area contributed by atoms with Gasteiger partial charge in [-0.25, -0.2) is 9.97 Å². The second kappa shape index (κ2) is 5.90. The Bertz CT molecular complexity index is 758. The van der Waals surface area contributed by atoms with Gasteiger partial charge in [-0.2, -0.15) is 0 Å². The molecule has 1 saturated heterocycles. The Kier molecular flexibility index (Phi) is 3.60. The van der Waals surface area contributed by atoms with Gasteiger partial charge in [-0.1, -0.05) is 18.2 Å². The molecule has 0 bridgehead atoms. The minimum Gasteiger partial charge on any atom is -0.392 e. The molecule has 4 rings (SSSR count). The average Bonchev–Trinajstić information content (AvgIpc) is 3.10. The molecule has 1 N–H and O–H groups in total. The quantitative estimate of drug-likeness (QED) is 0.930. The molecule has 0 spiro atoms. The number of hydrogen-bond donors (Lipinski definition) is 1. The van der Waals surface area contributed by atoms with Crippen molar-refractivity contribution in [2.75, 3.05) is 31.2 Å². The number of rotatable bonds is 3. The molecule has 0 saturated carbocycles. The molecule has 8 heteroatoms. The monoisotopic (exact) mass is 311 g/mol. The van der Waals surface area contributed by atoms with Gasteiger partial charge < -0.3 is 14.7 Å². The van der Waals surface area contributed by atoms with Crippen molar-refractivity contribution < 1.29 is 9.84 Å². The lowest BCUT2D eigenvalue weighted by Crippen LogP contribution is -2.36. The van der Waals surface area contributed by atoms with E-state index in [9.17, 15) is 5.11 Å². The lowest BCUT2D eigenvalue weighted by atomic mass is 10.1. The van der Waals surface area contributed by atoms with Crippen LogP contribution >= 0.6 is 0 Å². The lowest BCUT2D eigenvalue weighted by molar-refractivity contribution is 0.122. The van der Waals surface area contributed by atoms with Crippen LogP contribution in [0.2, 0.25) is 0 Å². The molecule has 1 fully saturated rings. The summed E-state index contributed by atoms with van der Waals surface area (Å²) in [7, 11) is 0. The number of aromatic nitrogens is 2. The second-order valence-electron chi connectivity index (χ2n) is 5.29. The van der Waals surface area contributed by atoms with E-state index in [1.807, 2.05) is 24.3 Å². The summed E-state index contributed by atoms with van der Waals surface area (Å²) in [5.41, 5.74) is 6.23. The van der Waals surface area contributed by atoms with Crippen molar-refractivity contribution in [1.29, 1.82) is 0 Å². The molecule has 2 aliphatic heterocycles. The lowest BCUT2D eigenvalue weighted by Gasteiger charge is -2.28. The smallest absolute Gasteiger partial charge is 0.210 e. The maximum absolute atomic E-state index is 9.31. The molecule has 23 heavy (non-hydrogen) atoms. The van der Waals surface area contributed by atoms with E-state index in [-0.39, 0.29) is 6.61 Å². The highest BCUT2D eigenvalue weighted by atomic mass is 16.5. The Morgan fingerprint density at radius 3 is 2.87 bits per heavy atom. The van der Waals surface area contributed by atoms with Gasteiger partial charge in [-0.3, -0.25) is 0 Å². The first kappa shape index (κ1) is 14.0. The van der Waals surface area contributed by atoms with Crippen molar-refractivity contribution in [3.05, 3.63) is 29.8 Å². The zero-order chi connectivity index (χ0) is 15.6. The molecular weight excluding hydrogens is 296 g/mol. The van der Waals surface area contributed by atoms with Crippen LogP contribution in [0.25, 0.3) is 11.4 Å². The van der Waals surface area contributed by atoms with Gasteiger partial charge in [0.1, 0.15) is 0 Å². The van der Waals surface area contributed by atoms with Crippen LogP contribution in [-0.2, 0) is 11.3 Å². The molecule has 3 heterocycles. The maximum atomic E-state index is 9.31. The van der Waals surface area contributed by atoms with Gasteiger partial charge in [0.2, 0.25) is 5.82 Å². The number of anilines is 1. The Labute approximate surface area is 132 Å². The summed E-state index contributed by atoms with van der Waals surface area (Å²) in [6, 6.07) is 7.51. The van der Waals surface area contributed by atoms with Crippen LogP contribution in [-0.4, -0.2) is 41.4 Å². The summed E-state index contributed by atoms with van der Waals surface area (Å²) < 4.78 is 5.40. The largest absolute Gasteiger partial charge is 0.392 e. The van der Waals surface area contributed by atoms with E-state index in [1.165, 1.54) is 0 Å². The standard InChI is InChI=1S/C15H15N6O2/c22-9-10-2-1-3-11(8-10)13-16-14-12(18-20-19-14)15(17-13)21-4-6-23-7-5-21/h1-3,8,22H,4-7,9H2. The average molecular weight is 311 g/mol. The van der Waals surface area contributed by atoms with Gasteiger partial charge >= 0.3 is 0 Å². The van der Waals surface area contributed by atoms with Crippen LogP contribution < -0.4 is 10.3 Å². The Balaban J connectivity index is 1.79. The van der Waals surface area contributed by atoms with E-state index < -0.39 is 0 Å². The second-order valence-corrected chi connectivity index (χ2v) is 5.29. The summed E-state index contributed by atoms with van der Waals surface area (Å²) in [6.07, 6.45) is 0. The fourth-order valence-corrected chi connectivity index (χ4v) is 2.63. The molecule has 1 aromatic carbocycles. The third kappa shape index (κ3) is 2.62. The van der Waals surface area contributed by atoms with Crippen molar-refractivity contribution >= 4 is 17.3 Å². The predicted octanol–water partition coefficient (Wildman–Crippen LogP) is 1.72. The third-order valence-electron chi connectivity index (χ3n) is 3.81. The number of morpholine rings is 1. The highest BCUT2D eigenvalue weighted by Crippen LogP contribution is 2.39. The van der Waals surface area contributed by atoms with E-state index in [4.69, 9.17) is 4.74 Å². The number of fused-ring (bicyclic) bond motifs is 1. The molecule has 8 nitrogen and oxygen atoms in total. The topological polar surface area (TPSA) is 97.3 Å². The fourth-order valence-electron chi connectivity index (χ4n) is 2.63. The summed E-state index contributed by atoms with van der Waals surface area (Å²) >= 11 is 0. The molecule has 1 aromatic heterocycles. The van der Waals surface area contributed by atoms with Crippen molar-refractivity contribution in [1.82, 2.24) is 15.4 Å². The first-order valence-electron chi connectivity index (χ1n) is 7.42. The Morgan fingerprint density at radius 2 is 2.04 bits per heavy atom. The van der Waals surface area contributed by atoms with Crippen LogP contribution in [0.5, 0.6) is 0 Å². The van der Waals surface area contributed by atoms with Gasteiger partial charge in [0, 0.05) is 18.7 Å². The van der Waals surface area contributed by atoms with Gasteiger partial charge in [0.25, 0.3) is 0 Å². The van der Waals surface area contributed by atoms with E-state index in [1.54, 1.807) is 0 Å². The summed E-state index contributed by atoms with van der Waals surface area (Å²) in [6.45, 7) is 2.78. The number of aliphatic hydroxyl groups excluding tert-OH is 1. The maximum Gasteiger partial charge on any atom is 0.210 e. The minimum atomic E-state index is -0.0237. The van der Waals surface area contributed by atoms with Crippen LogP contribution in [0.4, 0.5) is 17.3 Å². The molecular formula is C15H15N6O2. The van der Waals surface area contributed by atoms with E-state index in [0.717, 1.165) is 30.0 Å². The Hall–Kier alpha value is -2.58. The number of nitrogens with zero attached hydrogens (tertiary/aromatic N) is 6. The van der Waals surface area contributed by atoms with Gasteiger partial charge in [-0.05, 0) is 16.9 Å². The normalized spacial score (nSPS) is 16.3. The number of aliphatic hydroxyl groups is 1. The number of benzene rings is 1. The van der Waals surface area contributed by atoms with Gasteiger partial charge in [-0.15, -0.1) is 10.5 Å². The zero-order valence-corrected chi connectivity index (χ0v) is 12.4. The highest BCUT2D eigenvalue weighted by molar-refractivity contribution is 5.76. The predicted molar refractivity (Wildman–Crippen MR) is 82.7 cm³/mol. The molecule has 0 amide bonds. The van der Waals surface area contributed by atoms with Crippen LogP contribution in [0, 0.1) is 0 Å². The molecule has 2 aromatic rings. The van der Waals surface area contributed by atoms with Crippen molar-refractivity contribution in [3.8, 4) is 11.4 Å². The van der Waals surface area contributed by atoms with Crippen molar-refractivity contribution in [2.24, 2.45) is 10.3 Å². The summed E-state index contributed by atoms with van der Waals surface area (Å²) in [5.74, 6) is 1.76. The molecule has 117 valence electrons. The van der Waals surface area contributed by atoms with Crippen LogP contribution in [0.3, 0.4) is 0 Å². The van der Waals surface area contributed by atoms with Gasteiger partial charge in [0.05, 0.1) is 19.8 Å². The van der Waals surface area contributed by atoms with Crippen LogP contribution in [0.15, 0.2) is 34.6 Å². The molecule has 0 atom stereocenters. The SMILES string of the molecule is OCc1cccc(-c2nc3c(c(N4CCOCC4)n2)N=N[N]3)c1. The van der Waals surface area contributed by atoms with E-state index in [0.29, 0.717) is 30.5 Å². The zero-order valence-electron chi connectivity index (χ0n) is 12.4. The highest BCUT2D eigenvalue weighted by Gasteiger charge is 2.25. The summed E-state index contributed by atoms with van der Waals surface area (Å²) in [4.78, 5) is 11.2. The third-order valence-corrected chi connectivity index (χ3v) is 3.81. The minimum absolute atomic E-state index is 0.0237.